The normalized spacial score (nSPS) is 17.5. The molecule has 0 unspecified atom stereocenters. The van der Waals surface area contributed by atoms with E-state index in [1.807, 2.05) is 67.3 Å². The monoisotopic (exact) mass is 433 g/mol. The first-order chi connectivity index (χ1) is 14.9. The van der Waals surface area contributed by atoms with E-state index < -0.39 is 5.60 Å². The Bertz CT molecular complexity index is 1220. The first-order valence-electron chi connectivity index (χ1n) is 10.7. The van der Waals surface area contributed by atoms with Gasteiger partial charge in [0.1, 0.15) is 11.4 Å². The molecule has 2 aliphatic heterocycles. The van der Waals surface area contributed by atoms with Gasteiger partial charge in [-0.25, -0.2) is 0 Å². The van der Waals surface area contributed by atoms with Crippen molar-refractivity contribution >= 4 is 34.1 Å². The van der Waals surface area contributed by atoms with Gasteiger partial charge in [-0.15, -0.1) is 0 Å². The van der Waals surface area contributed by atoms with Crippen molar-refractivity contribution in [2.75, 3.05) is 13.1 Å². The molecule has 0 N–H and O–H groups in total. The highest BCUT2D eigenvalue weighted by atomic mass is 35.5. The quantitative estimate of drug-likeness (QED) is 0.490. The van der Waals surface area contributed by atoms with Gasteiger partial charge in [0.15, 0.2) is 5.78 Å². The molecular formula is C26H24ClNO3. The maximum Gasteiger partial charge on any atom is 0.254 e. The Hall–Kier alpha value is -2.85. The Morgan fingerprint density at radius 1 is 1.06 bits per heavy atom. The van der Waals surface area contributed by atoms with Crippen LogP contribution in [0.4, 0.5) is 0 Å². The fourth-order valence-electron chi connectivity index (χ4n) is 4.98. The van der Waals surface area contributed by atoms with Crippen molar-refractivity contribution in [3.63, 3.8) is 0 Å². The molecule has 3 aromatic carbocycles. The molecule has 0 saturated carbocycles. The van der Waals surface area contributed by atoms with E-state index in [4.69, 9.17) is 16.3 Å². The van der Waals surface area contributed by atoms with Gasteiger partial charge in [0.05, 0.1) is 12.0 Å². The number of Topliss-reactive ketones (excluding diaryl/α,β-unsaturated/α-hetero) is 1. The maximum atomic E-state index is 13.3. The van der Waals surface area contributed by atoms with Crippen molar-refractivity contribution < 1.29 is 14.3 Å². The van der Waals surface area contributed by atoms with Crippen LogP contribution in [0.25, 0.3) is 10.8 Å². The van der Waals surface area contributed by atoms with Crippen molar-refractivity contribution in [3.05, 3.63) is 75.8 Å². The zero-order valence-electron chi connectivity index (χ0n) is 17.7. The molecule has 0 aromatic heterocycles. The minimum atomic E-state index is -0.549. The smallest absolute Gasteiger partial charge is 0.254 e. The number of halogens is 1. The highest BCUT2D eigenvalue weighted by Crippen LogP contribution is 2.43. The lowest BCUT2D eigenvalue weighted by Crippen LogP contribution is -2.52. The van der Waals surface area contributed by atoms with Crippen molar-refractivity contribution in [2.45, 2.75) is 38.7 Å². The highest BCUT2D eigenvalue weighted by molar-refractivity contribution is 6.32. The van der Waals surface area contributed by atoms with Gasteiger partial charge in [-0.2, -0.15) is 0 Å². The Morgan fingerprint density at radius 2 is 1.77 bits per heavy atom. The second-order valence-corrected chi connectivity index (χ2v) is 9.09. The summed E-state index contributed by atoms with van der Waals surface area (Å²) >= 11 is 6.36. The van der Waals surface area contributed by atoms with Crippen LogP contribution in [0, 0.1) is 13.8 Å². The summed E-state index contributed by atoms with van der Waals surface area (Å²) in [5, 5.41) is 2.65. The number of hydrogen-bond acceptors (Lipinski definition) is 3. The molecule has 1 spiro atoms. The van der Waals surface area contributed by atoms with Crippen molar-refractivity contribution in [3.8, 4) is 5.75 Å². The standard InChI is InChI=1S/C26H24ClNO3/c1-16-14-22-23(17(2)24(16)27)21(29)15-26(31-22)10-12-28(13-11-26)25(30)20-9-5-7-18-6-3-4-8-19(18)20/h3-9,14H,10-13,15H2,1-2H3. The van der Waals surface area contributed by atoms with Crippen LogP contribution >= 0.6 is 11.6 Å². The summed E-state index contributed by atoms with van der Waals surface area (Å²) in [6.45, 7) is 4.93. The number of amides is 1. The lowest BCUT2D eigenvalue weighted by atomic mass is 9.81. The van der Waals surface area contributed by atoms with E-state index in [0.29, 0.717) is 48.7 Å². The highest BCUT2D eigenvalue weighted by Gasteiger charge is 2.44. The molecule has 1 saturated heterocycles. The van der Waals surface area contributed by atoms with Gasteiger partial charge in [-0.05, 0) is 47.9 Å². The predicted octanol–water partition coefficient (Wildman–Crippen LogP) is 5.75. The molecular weight excluding hydrogens is 410 g/mol. The molecule has 1 fully saturated rings. The molecule has 0 radical (unpaired) electrons. The van der Waals surface area contributed by atoms with E-state index in [-0.39, 0.29) is 11.7 Å². The van der Waals surface area contributed by atoms with E-state index in [2.05, 4.69) is 0 Å². The average Bonchev–Trinajstić information content (AvgIpc) is 2.77. The summed E-state index contributed by atoms with van der Waals surface area (Å²) in [4.78, 5) is 28.2. The molecule has 0 aliphatic carbocycles. The predicted molar refractivity (Wildman–Crippen MR) is 122 cm³/mol. The van der Waals surface area contributed by atoms with Crippen LogP contribution < -0.4 is 4.74 Å². The number of rotatable bonds is 1. The average molecular weight is 434 g/mol. The molecule has 0 bridgehead atoms. The summed E-state index contributed by atoms with van der Waals surface area (Å²) in [7, 11) is 0. The molecule has 4 nitrogen and oxygen atoms in total. The number of aryl methyl sites for hydroxylation is 1. The molecule has 158 valence electrons. The third kappa shape index (κ3) is 3.30. The largest absolute Gasteiger partial charge is 0.486 e. The minimum absolute atomic E-state index is 0.0349. The van der Waals surface area contributed by atoms with Crippen molar-refractivity contribution in [2.24, 2.45) is 0 Å². The summed E-state index contributed by atoms with van der Waals surface area (Å²) in [5.41, 5.74) is 2.48. The van der Waals surface area contributed by atoms with E-state index in [1.165, 1.54) is 0 Å². The summed E-state index contributed by atoms with van der Waals surface area (Å²) in [5.74, 6) is 0.742. The summed E-state index contributed by atoms with van der Waals surface area (Å²) < 4.78 is 6.43. The van der Waals surface area contributed by atoms with Crippen molar-refractivity contribution in [1.82, 2.24) is 4.90 Å². The van der Waals surface area contributed by atoms with Crippen LogP contribution in [-0.4, -0.2) is 35.3 Å². The van der Waals surface area contributed by atoms with E-state index >= 15 is 0 Å². The number of benzene rings is 3. The number of hydrogen-bond donors (Lipinski definition) is 0. The number of ketones is 1. The SMILES string of the molecule is Cc1cc2c(c(C)c1Cl)C(=O)CC1(CCN(C(=O)c3cccc4ccccc34)CC1)O2. The lowest BCUT2D eigenvalue weighted by molar-refractivity contribution is -0.00575. The number of ether oxygens (including phenoxy) is 1. The second kappa shape index (κ2) is 7.38. The van der Waals surface area contributed by atoms with Gasteiger partial charge in [0.25, 0.3) is 5.91 Å². The van der Waals surface area contributed by atoms with Gasteiger partial charge in [-0.1, -0.05) is 48.0 Å². The Morgan fingerprint density at radius 3 is 2.55 bits per heavy atom. The first kappa shape index (κ1) is 20.1. The fraction of sp³-hybridized carbons (Fsp3) is 0.308. The number of carbonyl (C=O) groups is 2. The van der Waals surface area contributed by atoms with Gasteiger partial charge in [0.2, 0.25) is 0 Å². The molecule has 5 heteroatoms. The topological polar surface area (TPSA) is 46.6 Å². The molecule has 2 aliphatic rings. The minimum Gasteiger partial charge on any atom is -0.486 e. The zero-order valence-corrected chi connectivity index (χ0v) is 18.5. The third-order valence-corrected chi connectivity index (χ3v) is 7.30. The Kier molecular flexibility index (Phi) is 4.78. The van der Waals surface area contributed by atoms with Gasteiger partial charge >= 0.3 is 0 Å². The number of nitrogens with zero attached hydrogens (tertiary/aromatic N) is 1. The van der Waals surface area contributed by atoms with E-state index in [9.17, 15) is 9.59 Å². The number of piperidine rings is 1. The zero-order chi connectivity index (χ0) is 21.8. The molecule has 5 rings (SSSR count). The Labute approximate surface area is 186 Å². The van der Waals surface area contributed by atoms with Gasteiger partial charge < -0.3 is 9.64 Å². The van der Waals surface area contributed by atoms with Crippen LogP contribution in [0.15, 0.2) is 48.5 Å². The van der Waals surface area contributed by atoms with Gasteiger partial charge in [0, 0.05) is 36.5 Å². The Balaban J connectivity index is 1.38. The van der Waals surface area contributed by atoms with Crippen molar-refractivity contribution in [1.29, 1.82) is 0 Å². The van der Waals surface area contributed by atoms with Gasteiger partial charge in [-0.3, -0.25) is 9.59 Å². The van der Waals surface area contributed by atoms with Crippen LogP contribution in [0.3, 0.4) is 0 Å². The summed E-state index contributed by atoms with van der Waals surface area (Å²) in [6, 6.07) is 15.7. The number of likely N-dealkylation sites (tertiary alicyclic amines) is 1. The fourth-order valence-corrected chi connectivity index (χ4v) is 5.13. The first-order valence-corrected chi connectivity index (χ1v) is 11.1. The number of fused-ring (bicyclic) bond motifs is 2. The van der Waals surface area contributed by atoms with Crippen LogP contribution in [-0.2, 0) is 0 Å². The second-order valence-electron chi connectivity index (χ2n) is 8.71. The third-order valence-electron chi connectivity index (χ3n) is 6.71. The lowest BCUT2D eigenvalue weighted by Gasteiger charge is -2.44. The van der Waals surface area contributed by atoms with Crippen LogP contribution in [0.1, 0.15) is 51.1 Å². The molecule has 31 heavy (non-hydrogen) atoms. The molecule has 1 amide bonds. The van der Waals surface area contributed by atoms with E-state index in [1.54, 1.807) is 0 Å². The molecule has 0 atom stereocenters. The molecule has 3 aromatic rings. The van der Waals surface area contributed by atoms with Crippen LogP contribution in [0.5, 0.6) is 5.75 Å². The maximum absolute atomic E-state index is 13.3. The summed E-state index contributed by atoms with van der Waals surface area (Å²) in [6.07, 6.45) is 1.60. The number of carbonyl (C=O) groups excluding carboxylic acids is 2. The molecule has 2 heterocycles. The van der Waals surface area contributed by atoms with Crippen LogP contribution in [0.2, 0.25) is 5.02 Å². The van der Waals surface area contributed by atoms with E-state index in [0.717, 1.165) is 27.5 Å².